The van der Waals surface area contributed by atoms with Crippen molar-refractivity contribution in [3.8, 4) is 5.88 Å². The van der Waals surface area contributed by atoms with Crippen molar-refractivity contribution in [3.63, 3.8) is 0 Å². The molecule has 1 aliphatic rings. The van der Waals surface area contributed by atoms with Gasteiger partial charge in [0.2, 0.25) is 5.88 Å². The first-order chi connectivity index (χ1) is 12.3. The molecule has 8 heteroatoms. The Hall–Kier alpha value is -1.13. The van der Waals surface area contributed by atoms with Gasteiger partial charge < -0.3 is 24.8 Å². The maximum atomic E-state index is 5.64. The number of guanidine groups is 1. The fourth-order valence-electron chi connectivity index (χ4n) is 2.12. The van der Waals surface area contributed by atoms with E-state index in [9.17, 15) is 0 Å². The van der Waals surface area contributed by atoms with Crippen molar-refractivity contribution in [2.75, 3.05) is 47.1 Å². The molecule has 1 aromatic rings. The predicted molar refractivity (Wildman–Crippen MR) is 113 cm³/mol. The molecule has 1 aliphatic carbocycles. The van der Waals surface area contributed by atoms with Gasteiger partial charge in [0.15, 0.2) is 5.96 Å². The average Bonchev–Trinajstić information content (AvgIpc) is 3.47. The molecule has 1 aromatic heterocycles. The molecule has 0 bridgehead atoms. The zero-order chi connectivity index (χ0) is 17.7. The highest BCUT2D eigenvalue weighted by molar-refractivity contribution is 14.0. The zero-order valence-electron chi connectivity index (χ0n) is 15.7. The minimum atomic E-state index is 0. The molecule has 0 aromatic carbocycles. The second-order valence-corrected chi connectivity index (χ2v) is 6.07. The predicted octanol–water partition coefficient (Wildman–Crippen LogP) is 2.21. The zero-order valence-corrected chi connectivity index (χ0v) is 18.0. The van der Waals surface area contributed by atoms with Crippen LogP contribution in [-0.2, 0) is 16.0 Å². The SMILES string of the molecule is CN=C(NCCCOCCOC)NCc1ccc(OCC2CC2)nc1.I. The summed E-state index contributed by atoms with van der Waals surface area (Å²) >= 11 is 0. The van der Waals surface area contributed by atoms with E-state index in [-0.39, 0.29) is 24.0 Å². The second kappa shape index (κ2) is 14.0. The van der Waals surface area contributed by atoms with Gasteiger partial charge in [0.1, 0.15) is 0 Å². The van der Waals surface area contributed by atoms with Gasteiger partial charge in [0.05, 0.1) is 19.8 Å². The summed E-state index contributed by atoms with van der Waals surface area (Å²) in [6.07, 6.45) is 5.33. The van der Waals surface area contributed by atoms with E-state index in [0.717, 1.165) is 37.0 Å². The standard InChI is InChI=1S/C18H30N4O3.HI/c1-19-18(20-8-3-9-24-11-10-23-2)22-13-16-6-7-17(21-12-16)25-14-15-4-5-15;/h6-7,12,15H,3-5,8-11,13-14H2,1-2H3,(H2,19,20,22);1H. The third kappa shape index (κ3) is 10.1. The number of ether oxygens (including phenoxy) is 3. The number of hydrogen-bond acceptors (Lipinski definition) is 5. The highest BCUT2D eigenvalue weighted by Crippen LogP contribution is 2.29. The molecule has 1 saturated carbocycles. The van der Waals surface area contributed by atoms with E-state index in [1.807, 2.05) is 18.3 Å². The summed E-state index contributed by atoms with van der Waals surface area (Å²) in [5, 5.41) is 6.54. The molecule has 26 heavy (non-hydrogen) atoms. The normalized spacial score (nSPS) is 13.8. The van der Waals surface area contributed by atoms with E-state index in [4.69, 9.17) is 14.2 Å². The van der Waals surface area contributed by atoms with Crippen molar-refractivity contribution >= 4 is 29.9 Å². The minimum absolute atomic E-state index is 0. The highest BCUT2D eigenvalue weighted by atomic mass is 127. The smallest absolute Gasteiger partial charge is 0.213 e. The highest BCUT2D eigenvalue weighted by Gasteiger charge is 2.21. The Morgan fingerprint density at radius 1 is 1.23 bits per heavy atom. The molecule has 2 N–H and O–H groups in total. The third-order valence-electron chi connectivity index (χ3n) is 3.83. The molecule has 0 amide bonds. The van der Waals surface area contributed by atoms with Gasteiger partial charge in [0, 0.05) is 46.1 Å². The van der Waals surface area contributed by atoms with Crippen LogP contribution in [-0.4, -0.2) is 58.1 Å². The van der Waals surface area contributed by atoms with Gasteiger partial charge in [0.25, 0.3) is 0 Å². The van der Waals surface area contributed by atoms with Crippen LogP contribution in [0.15, 0.2) is 23.3 Å². The summed E-state index contributed by atoms with van der Waals surface area (Å²) < 4.78 is 16.0. The van der Waals surface area contributed by atoms with Crippen LogP contribution in [0.1, 0.15) is 24.8 Å². The molecule has 7 nitrogen and oxygen atoms in total. The Bertz CT molecular complexity index is 510. The van der Waals surface area contributed by atoms with Crippen molar-refractivity contribution in [3.05, 3.63) is 23.9 Å². The van der Waals surface area contributed by atoms with Crippen LogP contribution >= 0.6 is 24.0 Å². The van der Waals surface area contributed by atoms with Gasteiger partial charge in [-0.25, -0.2) is 4.98 Å². The van der Waals surface area contributed by atoms with E-state index in [1.165, 1.54) is 12.8 Å². The van der Waals surface area contributed by atoms with Gasteiger partial charge in [-0.3, -0.25) is 4.99 Å². The van der Waals surface area contributed by atoms with Crippen molar-refractivity contribution in [2.24, 2.45) is 10.9 Å². The van der Waals surface area contributed by atoms with Gasteiger partial charge in [-0.1, -0.05) is 6.07 Å². The molecular weight excluding hydrogens is 447 g/mol. The lowest BCUT2D eigenvalue weighted by Gasteiger charge is -2.12. The van der Waals surface area contributed by atoms with Gasteiger partial charge in [-0.15, -0.1) is 24.0 Å². The Kier molecular flexibility index (Phi) is 12.3. The fraction of sp³-hybridized carbons (Fsp3) is 0.667. The Balaban J connectivity index is 0.00000338. The molecule has 0 atom stereocenters. The lowest BCUT2D eigenvalue weighted by molar-refractivity contribution is 0.0698. The summed E-state index contributed by atoms with van der Waals surface area (Å²) in [7, 11) is 3.43. The van der Waals surface area contributed by atoms with Crippen molar-refractivity contribution in [1.29, 1.82) is 0 Å². The largest absolute Gasteiger partial charge is 0.477 e. The fourth-order valence-corrected chi connectivity index (χ4v) is 2.12. The number of nitrogens with zero attached hydrogens (tertiary/aromatic N) is 2. The summed E-state index contributed by atoms with van der Waals surface area (Å²) in [5.74, 6) is 2.21. The number of hydrogen-bond donors (Lipinski definition) is 2. The van der Waals surface area contributed by atoms with Crippen LogP contribution in [0.5, 0.6) is 5.88 Å². The van der Waals surface area contributed by atoms with E-state index in [1.54, 1.807) is 14.2 Å². The molecular formula is C18H31IN4O3. The van der Waals surface area contributed by atoms with Crippen LogP contribution in [0.2, 0.25) is 0 Å². The van der Waals surface area contributed by atoms with E-state index >= 15 is 0 Å². The topological polar surface area (TPSA) is 77.0 Å². The van der Waals surface area contributed by atoms with Crippen LogP contribution in [0.25, 0.3) is 0 Å². The molecule has 148 valence electrons. The second-order valence-electron chi connectivity index (χ2n) is 6.07. The Labute approximate surface area is 173 Å². The van der Waals surface area contributed by atoms with E-state index in [0.29, 0.717) is 32.2 Å². The number of aliphatic imine (C=N–C) groups is 1. The lowest BCUT2D eigenvalue weighted by atomic mass is 10.3. The lowest BCUT2D eigenvalue weighted by Crippen LogP contribution is -2.37. The van der Waals surface area contributed by atoms with E-state index < -0.39 is 0 Å². The maximum Gasteiger partial charge on any atom is 0.213 e. The molecule has 0 aliphatic heterocycles. The van der Waals surface area contributed by atoms with Crippen LogP contribution in [0.3, 0.4) is 0 Å². The average molecular weight is 478 g/mol. The first kappa shape index (κ1) is 22.9. The van der Waals surface area contributed by atoms with Crippen molar-refractivity contribution in [1.82, 2.24) is 15.6 Å². The third-order valence-corrected chi connectivity index (χ3v) is 3.83. The number of methoxy groups -OCH3 is 1. The number of nitrogens with one attached hydrogen (secondary N) is 2. The monoisotopic (exact) mass is 478 g/mol. The van der Waals surface area contributed by atoms with E-state index in [2.05, 4.69) is 20.6 Å². The van der Waals surface area contributed by atoms with Crippen LogP contribution < -0.4 is 15.4 Å². The first-order valence-electron chi connectivity index (χ1n) is 8.90. The number of halogens is 1. The van der Waals surface area contributed by atoms with Crippen molar-refractivity contribution < 1.29 is 14.2 Å². The van der Waals surface area contributed by atoms with Gasteiger partial charge in [-0.05, 0) is 30.7 Å². The maximum absolute atomic E-state index is 5.64. The molecule has 0 spiro atoms. The van der Waals surface area contributed by atoms with Crippen molar-refractivity contribution in [2.45, 2.75) is 25.8 Å². The first-order valence-corrected chi connectivity index (χ1v) is 8.90. The van der Waals surface area contributed by atoms with Crippen LogP contribution in [0, 0.1) is 5.92 Å². The minimum Gasteiger partial charge on any atom is -0.477 e. The molecule has 0 radical (unpaired) electrons. The van der Waals surface area contributed by atoms with Gasteiger partial charge in [-0.2, -0.15) is 0 Å². The molecule has 2 rings (SSSR count). The summed E-state index contributed by atoms with van der Waals surface area (Å²) in [4.78, 5) is 8.56. The quantitative estimate of drug-likeness (QED) is 0.208. The molecule has 0 unspecified atom stereocenters. The molecule has 0 saturated heterocycles. The van der Waals surface area contributed by atoms with Crippen LogP contribution in [0.4, 0.5) is 0 Å². The molecule has 1 fully saturated rings. The number of rotatable bonds is 12. The summed E-state index contributed by atoms with van der Waals surface area (Å²) in [6, 6.07) is 3.95. The Morgan fingerprint density at radius 2 is 2.08 bits per heavy atom. The molecule has 1 heterocycles. The number of pyridine rings is 1. The number of aromatic nitrogens is 1. The summed E-state index contributed by atoms with van der Waals surface area (Å²) in [6.45, 7) is 4.24. The Morgan fingerprint density at radius 3 is 2.73 bits per heavy atom. The van der Waals surface area contributed by atoms with Gasteiger partial charge >= 0.3 is 0 Å². The summed E-state index contributed by atoms with van der Waals surface area (Å²) in [5.41, 5.74) is 1.09.